The van der Waals surface area contributed by atoms with E-state index in [1.807, 2.05) is 4.90 Å². The van der Waals surface area contributed by atoms with Crippen LogP contribution >= 0.6 is 0 Å². The number of hydrogen-bond donors (Lipinski definition) is 0. The lowest BCUT2D eigenvalue weighted by atomic mass is 9.96. The van der Waals surface area contributed by atoms with E-state index >= 15 is 0 Å². The maximum absolute atomic E-state index is 13.1. The number of halogens is 1. The fraction of sp³-hybridized carbons (Fsp3) is 0.429. The van der Waals surface area contributed by atoms with E-state index in [-0.39, 0.29) is 29.3 Å². The van der Waals surface area contributed by atoms with E-state index in [0.29, 0.717) is 50.7 Å². The van der Waals surface area contributed by atoms with Gasteiger partial charge in [0, 0.05) is 31.7 Å². The van der Waals surface area contributed by atoms with Crippen molar-refractivity contribution in [2.24, 2.45) is 5.92 Å². The zero-order valence-corrected chi connectivity index (χ0v) is 15.6. The van der Waals surface area contributed by atoms with Crippen molar-refractivity contribution < 1.29 is 23.1 Å². The van der Waals surface area contributed by atoms with Crippen molar-refractivity contribution in [3.05, 3.63) is 48.0 Å². The highest BCUT2D eigenvalue weighted by Crippen LogP contribution is 2.25. The average molecular weight is 386 g/mol. The standard InChI is InChI=1S/C21H23FN2O4/c22-17-5-3-15(4-6-17)18-7-8-19(28-18)21(26)24-9-1-2-16(14-24)20(25)23-10-12-27-13-11-23/h3-8,16H,1-2,9-14H2. The molecule has 2 aliphatic heterocycles. The molecule has 2 fully saturated rings. The number of carbonyl (C=O) groups is 2. The highest BCUT2D eigenvalue weighted by Gasteiger charge is 2.33. The molecule has 0 bridgehead atoms. The van der Waals surface area contributed by atoms with Gasteiger partial charge >= 0.3 is 0 Å². The second-order valence-electron chi connectivity index (χ2n) is 7.20. The Bertz CT molecular complexity index is 842. The first kappa shape index (κ1) is 18.7. The molecule has 28 heavy (non-hydrogen) atoms. The number of morpholine rings is 1. The summed E-state index contributed by atoms with van der Waals surface area (Å²) in [6.45, 7) is 3.38. The first-order chi connectivity index (χ1) is 13.6. The molecule has 1 aromatic heterocycles. The van der Waals surface area contributed by atoms with Crippen molar-refractivity contribution in [2.75, 3.05) is 39.4 Å². The smallest absolute Gasteiger partial charge is 0.289 e. The average Bonchev–Trinajstić information content (AvgIpc) is 3.24. The first-order valence-corrected chi connectivity index (χ1v) is 9.63. The fourth-order valence-electron chi connectivity index (χ4n) is 3.78. The summed E-state index contributed by atoms with van der Waals surface area (Å²) in [7, 11) is 0. The van der Waals surface area contributed by atoms with E-state index in [1.165, 1.54) is 12.1 Å². The molecule has 0 radical (unpaired) electrons. The van der Waals surface area contributed by atoms with Crippen molar-refractivity contribution in [1.82, 2.24) is 9.80 Å². The number of piperidine rings is 1. The lowest BCUT2D eigenvalue weighted by molar-refractivity contribution is -0.141. The molecule has 2 aliphatic rings. The van der Waals surface area contributed by atoms with Gasteiger partial charge in [0.25, 0.3) is 5.91 Å². The Balaban J connectivity index is 1.43. The number of ether oxygens (including phenoxy) is 1. The van der Waals surface area contributed by atoms with Crippen molar-refractivity contribution in [2.45, 2.75) is 12.8 Å². The van der Waals surface area contributed by atoms with Crippen molar-refractivity contribution in [3.63, 3.8) is 0 Å². The molecule has 0 saturated carbocycles. The molecule has 2 aromatic rings. The number of nitrogens with zero attached hydrogens (tertiary/aromatic N) is 2. The highest BCUT2D eigenvalue weighted by atomic mass is 19.1. The van der Waals surface area contributed by atoms with Crippen LogP contribution < -0.4 is 0 Å². The van der Waals surface area contributed by atoms with E-state index in [1.54, 1.807) is 29.2 Å². The summed E-state index contributed by atoms with van der Waals surface area (Å²) >= 11 is 0. The molecule has 1 aromatic carbocycles. The third kappa shape index (κ3) is 3.94. The zero-order chi connectivity index (χ0) is 19.5. The molecule has 0 spiro atoms. The van der Waals surface area contributed by atoms with Gasteiger partial charge in [0.1, 0.15) is 11.6 Å². The van der Waals surface area contributed by atoms with Gasteiger partial charge in [-0.3, -0.25) is 9.59 Å². The summed E-state index contributed by atoms with van der Waals surface area (Å²) in [5, 5.41) is 0. The van der Waals surface area contributed by atoms with E-state index in [9.17, 15) is 14.0 Å². The molecule has 6 nitrogen and oxygen atoms in total. The SMILES string of the molecule is O=C(c1ccc(-c2ccc(F)cc2)o1)N1CCCC(C(=O)N2CCOCC2)C1. The summed E-state index contributed by atoms with van der Waals surface area (Å²) in [5.74, 6) is 0.137. The quantitative estimate of drug-likeness (QED) is 0.814. The Labute approximate surface area is 162 Å². The van der Waals surface area contributed by atoms with Crippen LogP contribution in [0.5, 0.6) is 0 Å². The molecule has 2 saturated heterocycles. The Kier molecular flexibility index (Phi) is 5.43. The van der Waals surface area contributed by atoms with Gasteiger partial charge in [-0.2, -0.15) is 0 Å². The van der Waals surface area contributed by atoms with Crippen molar-refractivity contribution in [3.8, 4) is 11.3 Å². The molecular weight excluding hydrogens is 363 g/mol. The molecule has 148 valence electrons. The van der Waals surface area contributed by atoms with Crippen LogP contribution in [0.4, 0.5) is 4.39 Å². The molecule has 0 aliphatic carbocycles. The lowest BCUT2D eigenvalue weighted by Gasteiger charge is -2.35. The second-order valence-corrected chi connectivity index (χ2v) is 7.20. The van der Waals surface area contributed by atoms with Crippen molar-refractivity contribution in [1.29, 1.82) is 0 Å². The Morgan fingerprint density at radius 2 is 1.71 bits per heavy atom. The van der Waals surface area contributed by atoms with Crippen LogP contribution in [-0.4, -0.2) is 61.0 Å². The van der Waals surface area contributed by atoms with Gasteiger partial charge in [-0.05, 0) is 49.2 Å². The van der Waals surface area contributed by atoms with Crippen molar-refractivity contribution >= 4 is 11.8 Å². The number of carbonyl (C=O) groups excluding carboxylic acids is 2. The molecule has 4 rings (SSSR count). The van der Waals surface area contributed by atoms with Gasteiger partial charge in [0.15, 0.2) is 5.76 Å². The van der Waals surface area contributed by atoms with Crippen LogP contribution in [-0.2, 0) is 9.53 Å². The zero-order valence-electron chi connectivity index (χ0n) is 15.6. The van der Waals surface area contributed by atoms with Gasteiger partial charge in [-0.1, -0.05) is 0 Å². The largest absolute Gasteiger partial charge is 0.451 e. The number of rotatable bonds is 3. The number of hydrogen-bond acceptors (Lipinski definition) is 4. The molecular formula is C21H23FN2O4. The van der Waals surface area contributed by atoms with Crippen LogP contribution in [0.25, 0.3) is 11.3 Å². The fourth-order valence-corrected chi connectivity index (χ4v) is 3.78. The Morgan fingerprint density at radius 3 is 2.46 bits per heavy atom. The molecule has 7 heteroatoms. The minimum absolute atomic E-state index is 0.104. The monoisotopic (exact) mass is 386 g/mol. The Morgan fingerprint density at radius 1 is 0.964 bits per heavy atom. The lowest BCUT2D eigenvalue weighted by Crippen LogP contribution is -2.49. The normalized spacial score (nSPS) is 20.2. The first-order valence-electron chi connectivity index (χ1n) is 9.63. The van der Waals surface area contributed by atoms with Crippen LogP contribution in [0.2, 0.25) is 0 Å². The molecule has 1 unspecified atom stereocenters. The number of amides is 2. The van der Waals surface area contributed by atoms with Gasteiger partial charge in [-0.25, -0.2) is 4.39 Å². The van der Waals surface area contributed by atoms with E-state index in [0.717, 1.165) is 12.8 Å². The number of benzene rings is 1. The topological polar surface area (TPSA) is 63.0 Å². The van der Waals surface area contributed by atoms with E-state index in [2.05, 4.69) is 0 Å². The third-order valence-electron chi connectivity index (χ3n) is 5.33. The predicted molar refractivity (Wildman–Crippen MR) is 100 cm³/mol. The molecule has 0 N–H and O–H groups in total. The molecule has 1 atom stereocenters. The van der Waals surface area contributed by atoms with Gasteiger partial charge < -0.3 is 19.0 Å². The van der Waals surface area contributed by atoms with Crippen LogP contribution in [0, 0.1) is 11.7 Å². The van der Waals surface area contributed by atoms with Gasteiger partial charge in [0.2, 0.25) is 5.91 Å². The minimum Gasteiger partial charge on any atom is -0.451 e. The summed E-state index contributed by atoms with van der Waals surface area (Å²) < 4.78 is 24.1. The number of furan rings is 1. The summed E-state index contributed by atoms with van der Waals surface area (Å²) in [5.41, 5.74) is 0.708. The minimum atomic E-state index is -0.323. The maximum atomic E-state index is 13.1. The van der Waals surface area contributed by atoms with E-state index in [4.69, 9.17) is 9.15 Å². The Hall–Kier alpha value is -2.67. The highest BCUT2D eigenvalue weighted by molar-refractivity contribution is 5.92. The van der Waals surface area contributed by atoms with Crippen LogP contribution in [0.1, 0.15) is 23.4 Å². The van der Waals surface area contributed by atoms with Gasteiger partial charge in [-0.15, -0.1) is 0 Å². The number of likely N-dealkylation sites (tertiary alicyclic amines) is 1. The predicted octanol–water partition coefficient (Wildman–Crippen LogP) is 2.80. The summed E-state index contributed by atoms with van der Waals surface area (Å²) in [6.07, 6.45) is 1.58. The molecule has 2 amide bonds. The van der Waals surface area contributed by atoms with Crippen LogP contribution in [0.15, 0.2) is 40.8 Å². The van der Waals surface area contributed by atoms with E-state index < -0.39 is 0 Å². The molecule has 3 heterocycles. The second kappa shape index (κ2) is 8.14. The van der Waals surface area contributed by atoms with Crippen LogP contribution in [0.3, 0.4) is 0 Å². The summed E-state index contributed by atoms with van der Waals surface area (Å²) in [4.78, 5) is 29.2. The maximum Gasteiger partial charge on any atom is 0.289 e. The van der Waals surface area contributed by atoms with Gasteiger partial charge in [0.05, 0.1) is 19.1 Å². The summed E-state index contributed by atoms with van der Waals surface area (Å²) in [6, 6.07) is 9.27. The third-order valence-corrected chi connectivity index (χ3v) is 5.33.